The second kappa shape index (κ2) is 8.71. The first kappa shape index (κ1) is 21.6. The van der Waals surface area contributed by atoms with Gasteiger partial charge in [0, 0.05) is 49.2 Å². The van der Waals surface area contributed by atoms with Crippen molar-refractivity contribution < 1.29 is 19.8 Å². The van der Waals surface area contributed by atoms with Crippen molar-refractivity contribution in [3.8, 4) is 0 Å². The topological polar surface area (TPSA) is 109 Å². The van der Waals surface area contributed by atoms with E-state index in [4.69, 9.17) is 0 Å². The van der Waals surface area contributed by atoms with Gasteiger partial charge < -0.3 is 15.5 Å². The molecular weight excluding hydrogens is 392 g/mol. The number of amides is 2. The van der Waals surface area contributed by atoms with Crippen LogP contribution in [0.25, 0.3) is 0 Å². The number of aryl methyl sites for hydroxylation is 1. The molecule has 2 heterocycles. The molecule has 0 aromatic heterocycles. The lowest BCUT2D eigenvalue weighted by atomic mass is 10.0. The SMILES string of the molecule is CC[C@H](C)NC(=O)[C@@H]1CSC2(CCN(C(=O)c3ccc(C)c([N+](=O)[O-])c3)CC2)[NH2+]1. The minimum absolute atomic E-state index is 0.0285. The lowest BCUT2D eigenvalue weighted by Gasteiger charge is -2.36. The molecule has 8 nitrogen and oxygen atoms in total. The predicted molar refractivity (Wildman–Crippen MR) is 112 cm³/mol. The summed E-state index contributed by atoms with van der Waals surface area (Å²) in [4.78, 5) is 37.7. The van der Waals surface area contributed by atoms with Gasteiger partial charge >= 0.3 is 0 Å². The third-order valence-corrected chi connectivity index (χ3v) is 7.59. The standard InChI is InChI=1S/C20H28N4O4S/c1-4-14(3)21-18(25)16-12-29-20(22-16)7-9-23(10-8-20)19(26)15-6-5-13(2)17(11-15)24(27)28/h5-6,11,14,16,22H,4,7-10,12H2,1-3H3,(H,21,25)/p+1/t14-,16-/m0/s1. The second-order valence-corrected chi connectivity index (χ2v) is 9.45. The largest absolute Gasteiger partial charge is 0.348 e. The van der Waals surface area contributed by atoms with Gasteiger partial charge in [0.2, 0.25) is 0 Å². The van der Waals surface area contributed by atoms with Crippen molar-refractivity contribution in [2.45, 2.75) is 57.0 Å². The summed E-state index contributed by atoms with van der Waals surface area (Å²) in [5, 5.41) is 16.4. The van der Waals surface area contributed by atoms with Gasteiger partial charge in [0.05, 0.1) is 10.7 Å². The monoisotopic (exact) mass is 421 g/mol. The molecule has 9 heteroatoms. The molecule has 2 aliphatic rings. The number of nitrogens with two attached hydrogens (primary N) is 1. The highest BCUT2D eigenvalue weighted by molar-refractivity contribution is 8.00. The molecule has 2 amide bonds. The third-order valence-electron chi connectivity index (χ3n) is 5.94. The number of nitrogens with one attached hydrogen (secondary N) is 1. The van der Waals surface area contributed by atoms with Crippen LogP contribution < -0.4 is 10.6 Å². The summed E-state index contributed by atoms with van der Waals surface area (Å²) in [6.45, 7) is 6.90. The Kier molecular flexibility index (Phi) is 6.48. The fourth-order valence-corrected chi connectivity index (χ4v) is 5.33. The van der Waals surface area contributed by atoms with Crippen molar-refractivity contribution in [1.82, 2.24) is 10.2 Å². The van der Waals surface area contributed by atoms with Crippen molar-refractivity contribution >= 4 is 29.3 Å². The van der Waals surface area contributed by atoms with Gasteiger partial charge in [-0.05, 0) is 26.3 Å². The molecular formula is C20H29N4O4S+. The average molecular weight is 422 g/mol. The second-order valence-electron chi connectivity index (χ2n) is 8.02. The van der Waals surface area contributed by atoms with Crippen LogP contribution in [-0.4, -0.2) is 57.4 Å². The van der Waals surface area contributed by atoms with Gasteiger partial charge in [-0.1, -0.05) is 24.8 Å². The molecule has 3 rings (SSSR count). The number of piperidine rings is 1. The number of rotatable bonds is 5. The quantitative estimate of drug-likeness (QED) is 0.552. The summed E-state index contributed by atoms with van der Waals surface area (Å²) >= 11 is 1.81. The molecule has 158 valence electrons. The minimum atomic E-state index is -0.452. The molecule has 3 N–H and O–H groups in total. The molecule has 0 aliphatic carbocycles. The van der Waals surface area contributed by atoms with Crippen LogP contribution in [0, 0.1) is 17.0 Å². The number of carbonyl (C=O) groups excluding carboxylic acids is 2. The third kappa shape index (κ3) is 4.72. The van der Waals surface area contributed by atoms with Gasteiger partial charge in [0.15, 0.2) is 6.04 Å². The normalized spacial score (nSPS) is 21.8. The fourth-order valence-electron chi connectivity index (χ4n) is 3.84. The molecule has 2 atom stereocenters. The number of hydrogen-bond acceptors (Lipinski definition) is 5. The number of benzene rings is 1. The summed E-state index contributed by atoms with van der Waals surface area (Å²) < 4.78 is 0. The van der Waals surface area contributed by atoms with Gasteiger partial charge in [-0.15, -0.1) is 0 Å². The zero-order chi connectivity index (χ0) is 21.2. The number of nitro benzene ring substituents is 1. The van der Waals surface area contributed by atoms with E-state index in [0.29, 0.717) is 24.2 Å². The smallest absolute Gasteiger partial charge is 0.279 e. The highest BCUT2D eigenvalue weighted by Gasteiger charge is 2.48. The molecule has 1 aromatic rings. The van der Waals surface area contributed by atoms with Crippen molar-refractivity contribution in [3.63, 3.8) is 0 Å². The molecule has 0 unspecified atom stereocenters. The highest BCUT2D eigenvalue weighted by atomic mass is 32.2. The maximum absolute atomic E-state index is 12.8. The van der Waals surface area contributed by atoms with Gasteiger partial charge in [0.1, 0.15) is 4.87 Å². The molecule has 2 aliphatic heterocycles. The van der Waals surface area contributed by atoms with Crippen LogP contribution in [-0.2, 0) is 4.79 Å². The maximum atomic E-state index is 12.8. The molecule has 1 spiro atoms. The Morgan fingerprint density at radius 2 is 2.10 bits per heavy atom. The first-order chi connectivity index (χ1) is 13.7. The summed E-state index contributed by atoms with van der Waals surface area (Å²) in [6, 6.07) is 4.73. The van der Waals surface area contributed by atoms with Gasteiger partial charge in [0.25, 0.3) is 17.5 Å². The summed E-state index contributed by atoms with van der Waals surface area (Å²) in [5.74, 6) is 0.701. The van der Waals surface area contributed by atoms with Crippen molar-refractivity contribution in [2.24, 2.45) is 0 Å². The van der Waals surface area contributed by atoms with Crippen LogP contribution in [0.2, 0.25) is 0 Å². The minimum Gasteiger partial charge on any atom is -0.348 e. The van der Waals surface area contributed by atoms with E-state index in [1.807, 2.05) is 18.7 Å². The number of nitrogens with zero attached hydrogens (tertiary/aromatic N) is 2. The van der Waals surface area contributed by atoms with E-state index < -0.39 is 4.92 Å². The Morgan fingerprint density at radius 1 is 1.41 bits per heavy atom. The van der Waals surface area contributed by atoms with E-state index in [-0.39, 0.29) is 34.5 Å². The highest BCUT2D eigenvalue weighted by Crippen LogP contribution is 2.34. The van der Waals surface area contributed by atoms with Gasteiger partial charge in [-0.2, -0.15) is 0 Å². The molecule has 0 radical (unpaired) electrons. The van der Waals surface area contributed by atoms with Crippen LogP contribution in [0.5, 0.6) is 0 Å². The van der Waals surface area contributed by atoms with E-state index in [0.717, 1.165) is 25.0 Å². The van der Waals surface area contributed by atoms with Crippen LogP contribution in [0.3, 0.4) is 0 Å². The van der Waals surface area contributed by atoms with E-state index in [1.165, 1.54) is 6.07 Å². The van der Waals surface area contributed by atoms with Crippen LogP contribution >= 0.6 is 11.8 Å². The number of carbonyl (C=O) groups is 2. The number of nitro groups is 1. The Bertz CT molecular complexity index is 808. The zero-order valence-corrected chi connectivity index (χ0v) is 18.0. The van der Waals surface area contributed by atoms with E-state index in [9.17, 15) is 19.7 Å². The van der Waals surface area contributed by atoms with E-state index in [2.05, 4.69) is 17.6 Å². The molecule has 29 heavy (non-hydrogen) atoms. The molecule has 0 bridgehead atoms. The van der Waals surface area contributed by atoms with E-state index >= 15 is 0 Å². The Balaban J connectivity index is 1.59. The number of thioether (sulfide) groups is 1. The maximum Gasteiger partial charge on any atom is 0.279 e. The number of hydrogen-bond donors (Lipinski definition) is 2. The summed E-state index contributed by atoms with van der Waals surface area (Å²) in [7, 11) is 0. The van der Waals surface area contributed by atoms with Crippen LogP contribution in [0.4, 0.5) is 5.69 Å². The molecule has 0 saturated carbocycles. The number of likely N-dealkylation sites (tertiary alicyclic amines) is 1. The van der Waals surface area contributed by atoms with Crippen molar-refractivity contribution in [1.29, 1.82) is 0 Å². The Labute approximate surface area is 174 Å². The first-order valence-electron chi connectivity index (χ1n) is 10.1. The van der Waals surface area contributed by atoms with E-state index in [1.54, 1.807) is 24.0 Å². The van der Waals surface area contributed by atoms with Gasteiger partial charge in [-0.25, -0.2) is 0 Å². The molecule has 2 saturated heterocycles. The molecule has 2 fully saturated rings. The predicted octanol–water partition coefficient (Wildman–Crippen LogP) is 1.43. The van der Waals surface area contributed by atoms with Crippen molar-refractivity contribution in [2.75, 3.05) is 18.8 Å². The average Bonchev–Trinajstić information content (AvgIpc) is 3.12. The summed E-state index contributed by atoms with van der Waals surface area (Å²) in [5.41, 5.74) is 0.870. The lowest BCUT2D eigenvalue weighted by Crippen LogP contribution is -3.00. The summed E-state index contributed by atoms with van der Waals surface area (Å²) in [6.07, 6.45) is 2.50. The van der Waals surface area contributed by atoms with Gasteiger partial charge in [-0.3, -0.25) is 19.7 Å². The van der Waals surface area contributed by atoms with Crippen molar-refractivity contribution in [3.05, 3.63) is 39.4 Å². The Hall–Kier alpha value is -2.13. The number of quaternary nitrogens is 1. The van der Waals surface area contributed by atoms with Crippen LogP contribution in [0.15, 0.2) is 18.2 Å². The first-order valence-corrected chi connectivity index (χ1v) is 11.1. The molecule has 1 aromatic carbocycles. The zero-order valence-electron chi connectivity index (χ0n) is 17.1. The lowest BCUT2D eigenvalue weighted by molar-refractivity contribution is -0.714. The van der Waals surface area contributed by atoms with Crippen LogP contribution in [0.1, 0.15) is 49.0 Å². The fraction of sp³-hybridized carbons (Fsp3) is 0.600. The Morgan fingerprint density at radius 3 is 2.72 bits per heavy atom.